The molecule has 1 saturated carbocycles. The van der Waals surface area contributed by atoms with Gasteiger partial charge in [-0.05, 0) is 17.9 Å². The molecule has 0 radical (unpaired) electrons. The van der Waals surface area contributed by atoms with Crippen LogP contribution in [0.15, 0.2) is 52.2 Å². The number of piperidine rings is 1. The minimum absolute atomic E-state index is 0.145. The van der Waals surface area contributed by atoms with Gasteiger partial charge in [0.1, 0.15) is 16.9 Å². The number of fused-ring (bicyclic) bond motifs is 2. The lowest BCUT2D eigenvalue weighted by molar-refractivity contribution is -0.139. The summed E-state index contributed by atoms with van der Waals surface area (Å²) >= 11 is 13.9. The summed E-state index contributed by atoms with van der Waals surface area (Å²) in [4.78, 5) is 56.2. The Hall–Kier alpha value is -4.99. The molecule has 1 aliphatic carbocycles. The summed E-state index contributed by atoms with van der Waals surface area (Å²) < 4.78 is 35.1. The molecule has 258 valence electrons. The lowest BCUT2D eigenvalue weighted by atomic mass is 10.0. The predicted molar refractivity (Wildman–Crippen MR) is 181 cm³/mol. The van der Waals surface area contributed by atoms with E-state index in [4.69, 9.17) is 27.9 Å². The van der Waals surface area contributed by atoms with E-state index in [9.17, 15) is 28.3 Å². The van der Waals surface area contributed by atoms with Gasteiger partial charge in [-0.1, -0.05) is 53.5 Å². The summed E-state index contributed by atoms with van der Waals surface area (Å²) in [6.07, 6.45) is -1.50. The summed E-state index contributed by atoms with van der Waals surface area (Å²) in [5.74, 6) is -1.51. The highest BCUT2D eigenvalue weighted by molar-refractivity contribution is 6.39. The number of ether oxygens (including phenoxy) is 1. The number of hydrogen-bond acceptors (Lipinski definition) is 10. The van der Waals surface area contributed by atoms with Gasteiger partial charge in [-0.3, -0.25) is 28.6 Å². The van der Waals surface area contributed by atoms with Crippen molar-refractivity contribution in [1.82, 2.24) is 34.0 Å². The second-order valence-corrected chi connectivity index (χ2v) is 12.9. The molecule has 17 heteroatoms. The number of methoxy groups -OCH3 is 1. The van der Waals surface area contributed by atoms with Gasteiger partial charge in [0, 0.05) is 50.4 Å². The minimum Gasteiger partial charge on any atom is -0.481 e. The van der Waals surface area contributed by atoms with E-state index in [1.165, 1.54) is 21.2 Å². The van der Waals surface area contributed by atoms with Crippen molar-refractivity contribution in [3.05, 3.63) is 85.0 Å². The Bertz CT molecular complexity index is 2320. The summed E-state index contributed by atoms with van der Waals surface area (Å²) in [6, 6.07) is 10.2. The van der Waals surface area contributed by atoms with Crippen molar-refractivity contribution in [3.8, 4) is 28.3 Å². The molecule has 2 aliphatic rings. The zero-order valence-electron chi connectivity index (χ0n) is 26.7. The lowest BCUT2D eigenvalue weighted by Crippen LogP contribution is -2.38. The zero-order valence-corrected chi connectivity index (χ0v) is 28.2. The van der Waals surface area contributed by atoms with Crippen LogP contribution in [0, 0.1) is 17.8 Å². The molecule has 13 nitrogen and oxygen atoms in total. The van der Waals surface area contributed by atoms with Gasteiger partial charge >= 0.3 is 11.7 Å². The van der Waals surface area contributed by atoms with Gasteiger partial charge < -0.3 is 15.2 Å². The van der Waals surface area contributed by atoms with Crippen LogP contribution in [-0.2, 0) is 25.4 Å². The first-order valence-electron chi connectivity index (χ1n) is 15.3. The number of anilines is 2. The number of nitrogens with one attached hydrogen (secondary N) is 1. The first-order valence-corrected chi connectivity index (χ1v) is 16.1. The highest BCUT2D eigenvalue weighted by Crippen LogP contribution is 2.52. The Kier molecular flexibility index (Phi) is 8.52. The molecule has 50 heavy (non-hydrogen) atoms. The third kappa shape index (κ3) is 5.64. The molecule has 1 unspecified atom stereocenters. The van der Waals surface area contributed by atoms with Crippen molar-refractivity contribution >= 4 is 51.7 Å². The van der Waals surface area contributed by atoms with Gasteiger partial charge in [0.2, 0.25) is 5.88 Å². The largest absolute Gasteiger partial charge is 0.481 e. The molecule has 0 spiro atoms. The third-order valence-electron chi connectivity index (χ3n) is 9.26. The van der Waals surface area contributed by atoms with Crippen LogP contribution in [0.3, 0.4) is 0 Å². The molecule has 3 atom stereocenters. The molecular formula is C33H28Cl2F2N8O5. The van der Waals surface area contributed by atoms with Crippen LogP contribution in [-0.4, -0.2) is 65.2 Å². The Morgan fingerprint density at radius 1 is 1.00 bits per heavy atom. The van der Waals surface area contributed by atoms with E-state index < -0.39 is 29.5 Å². The summed E-state index contributed by atoms with van der Waals surface area (Å²) in [7, 11) is 4.08. The van der Waals surface area contributed by atoms with Crippen molar-refractivity contribution in [1.29, 1.82) is 0 Å². The van der Waals surface area contributed by atoms with Crippen molar-refractivity contribution < 1.29 is 23.4 Å². The Morgan fingerprint density at radius 2 is 1.66 bits per heavy atom. The Labute approximate surface area is 292 Å². The van der Waals surface area contributed by atoms with E-state index in [0.717, 1.165) is 9.13 Å². The van der Waals surface area contributed by atoms with E-state index in [1.54, 1.807) is 42.6 Å². The highest BCUT2D eigenvalue weighted by atomic mass is 35.5. The molecule has 7 rings (SSSR count). The lowest BCUT2D eigenvalue weighted by Gasteiger charge is -2.19. The maximum atomic E-state index is 13.8. The predicted octanol–water partition coefficient (Wildman–Crippen LogP) is 4.91. The number of carbonyl (C=O) groups is 1. The number of aliphatic carboxylic acids is 1. The number of benzene rings is 2. The second-order valence-electron chi connectivity index (χ2n) is 12.2. The number of aryl methyl sites for hydroxylation is 1. The van der Waals surface area contributed by atoms with E-state index >= 15 is 0 Å². The standard InChI is InChI=1S/C33H28Cl2F2N8O5/c1-43-29-23(31(46)44(2)33(43)49)27(41-28(42-29)26(36)37)39-19-9-5-7-15(25(19)35)14-6-4-8-16(24(14)34)20-10-38-21(30(40-20)50-3)13-45-11-17-18(12-45)22(17)32(47)48/h4-10,17-18,22,26H,11-13H2,1-3H3,(H,47,48)(H,39,41,42)/t17-,18+,22?. The molecule has 3 aromatic heterocycles. The number of rotatable bonds is 9. The number of alkyl halides is 2. The number of hydrogen-bond donors (Lipinski definition) is 2. The van der Waals surface area contributed by atoms with Gasteiger partial charge in [0.25, 0.3) is 12.0 Å². The fourth-order valence-electron chi connectivity index (χ4n) is 6.69. The minimum atomic E-state index is -3.09. The molecule has 0 bridgehead atoms. The maximum Gasteiger partial charge on any atom is 0.332 e. The van der Waals surface area contributed by atoms with E-state index in [0.29, 0.717) is 58.6 Å². The van der Waals surface area contributed by atoms with Gasteiger partial charge in [-0.15, -0.1) is 0 Å². The molecule has 2 N–H and O–H groups in total. The quantitative estimate of drug-likeness (QED) is 0.213. The molecule has 4 heterocycles. The van der Waals surface area contributed by atoms with Crippen molar-refractivity contribution in [3.63, 3.8) is 0 Å². The molecule has 5 aromatic rings. The average molecular weight is 726 g/mol. The van der Waals surface area contributed by atoms with Crippen LogP contribution in [0.4, 0.5) is 20.3 Å². The molecule has 2 fully saturated rings. The summed E-state index contributed by atoms with van der Waals surface area (Å²) in [5, 5.41) is 12.5. The van der Waals surface area contributed by atoms with E-state index in [2.05, 4.69) is 30.2 Å². The van der Waals surface area contributed by atoms with Crippen molar-refractivity contribution in [2.24, 2.45) is 31.8 Å². The first-order chi connectivity index (χ1) is 23.9. The van der Waals surface area contributed by atoms with Crippen molar-refractivity contribution in [2.75, 3.05) is 25.5 Å². The number of halogens is 4. The van der Waals surface area contributed by atoms with Gasteiger partial charge in [0.05, 0.1) is 40.7 Å². The van der Waals surface area contributed by atoms with E-state index in [1.807, 2.05) is 0 Å². The van der Waals surface area contributed by atoms with Crippen LogP contribution in [0.2, 0.25) is 10.0 Å². The number of nitrogens with zero attached hydrogens (tertiary/aromatic N) is 7. The third-order valence-corrected chi connectivity index (χ3v) is 10.1. The second kappa shape index (κ2) is 12.7. The normalized spacial score (nSPS) is 18.4. The summed E-state index contributed by atoms with van der Waals surface area (Å²) in [5.41, 5.74) is 1.02. The zero-order chi connectivity index (χ0) is 35.6. The summed E-state index contributed by atoms with van der Waals surface area (Å²) in [6.45, 7) is 1.81. The van der Waals surface area contributed by atoms with Gasteiger partial charge in [0.15, 0.2) is 11.5 Å². The fourth-order valence-corrected chi connectivity index (χ4v) is 7.28. The molecule has 2 aromatic carbocycles. The van der Waals surface area contributed by atoms with E-state index in [-0.39, 0.29) is 45.3 Å². The first kappa shape index (κ1) is 33.5. The van der Waals surface area contributed by atoms with Crippen molar-refractivity contribution in [2.45, 2.75) is 13.0 Å². The van der Waals surface area contributed by atoms with Crippen LogP contribution >= 0.6 is 23.2 Å². The van der Waals surface area contributed by atoms with Crippen LogP contribution in [0.5, 0.6) is 5.88 Å². The maximum absolute atomic E-state index is 13.8. The number of likely N-dealkylation sites (tertiary alicyclic amines) is 1. The van der Waals surface area contributed by atoms with Crippen LogP contribution in [0.1, 0.15) is 17.9 Å². The number of carboxylic acids is 1. The monoisotopic (exact) mass is 724 g/mol. The van der Waals surface area contributed by atoms with Crippen LogP contribution < -0.4 is 21.3 Å². The Morgan fingerprint density at radius 3 is 2.32 bits per heavy atom. The fraction of sp³-hybridized carbons (Fsp3) is 0.303. The number of carboxylic acid groups (broad SMARTS) is 1. The highest BCUT2D eigenvalue weighted by Gasteiger charge is 2.59. The van der Waals surface area contributed by atoms with Gasteiger partial charge in [-0.2, -0.15) is 0 Å². The van der Waals surface area contributed by atoms with Gasteiger partial charge in [-0.25, -0.2) is 28.5 Å². The smallest absolute Gasteiger partial charge is 0.332 e. The molecule has 1 saturated heterocycles. The van der Waals surface area contributed by atoms with Crippen LogP contribution in [0.25, 0.3) is 33.4 Å². The molecular weight excluding hydrogens is 697 g/mol. The topological polar surface area (TPSA) is 157 Å². The molecule has 0 amide bonds. The average Bonchev–Trinajstić information content (AvgIpc) is 3.62. The Balaban J connectivity index is 1.21. The number of aromatic nitrogens is 6. The molecule has 1 aliphatic heterocycles. The SMILES string of the molecule is COc1nc(-c2cccc(-c3cccc(Nc4nc(C(F)F)nc5c4c(=O)n(C)c(=O)n5C)c3Cl)c2Cl)cnc1CN1C[C@@H]2C(C(=O)O)[C@@H]2C1.